The number of amides is 1. The van der Waals surface area contributed by atoms with Crippen molar-refractivity contribution in [1.82, 2.24) is 4.98 Å². The highest BCUT2D eigenvalue weighted by Gasteiger charge is 2.48. The second-order valence-electron chi connectivity index (χ2n) is 8.77. The zero-order chi connectivity index (χ0) is 29.1. The Morgan fingerprint density at radius 1 is 1.07 bits per heavy atom. The molecule has 40 heavy (non-hydrogen) atoms. The van der Waals surface area contributed by atoms with Crippen molar-refractivity contribution in [2.24, 2.45) is 0 Å². The number of thiazole rings is 1. The van der Waals surface area contributed by atoms with E-state index in [1.54, 1.807) is 56.3 Å². The molecule has 0 radical (unpaired) electrons. The number of aliphatic hydroxyl groups excluding tert-OH is 1. The summed E-state index contributed by atoms with van der Waals surface area (Å²) in [7, 11) is 4.19. The first-order valence-corrected chi connectivity index (χ1v) is 12.9. The van der Waals surface area contributed by atoms with Gasteiger partial charge in [-0.05, 0) is 55.3 Å². The molecule has 0 saturated carbocycles. The summed E-state index contributed by atoms with van der Waals surface area (Å²) >= 11 is 0.915. The van der Waals surface area contributed by atoms with Crippen LogP contribution >= 0.6 is 11.3 Å². The fraction of sp³-hybridized carbons (Fsp3) is 0.241. The standard InChI is InChI=1S/C29H28N2O8S/c1-7-12-39-19-10-9-18(13-15(19)2)24(32)22-23(17-8-11-20(36-4)21(14-17)37-5)31(27(34)25(22)33)29-30-16(3)26(40-29)28(35)38-6/h7-11,13-14,23,32H,1,12H2,2-6H3/t23-/m1/s1. The minimum absolute atomic E-state index is 0.100. The highest BCUT2D eigenvalue weighted by Crippen LogP contribution is 2.45. The first-order chi connectivity index (χ1) is 19.2. The van der Waals surface area contributed by atoms with Gasteiger partial charge >= 0.3 is 11.9 Å². The molecule has 0 bridgehead atoms. The fourth-order valence-corrected chi connectivity index (χ4v) is 5.41. The Morgan fingerprint density at radius 2 is 1.77 bits per heavy atom. The van der Waals surface area contributed by atoms with Gasteiger partial charge < -0.3 is 24.1 Å². The monoisotopic (exact) mass is 564 g/mol. The maximum Gasteiger partial charge on any atom is 0.350 e. The van der Waals surface area contributed by atoms with Crippen molar-refractivity contribution >= 4 is 39.9 Å². The zero-order valence-corrected chi connectivity index (χ0v) is 23.5. The Labute approximate surface area is 235 Å². The van der Waals surface area contributed by atoms with Gasteiger partial charge in [0, 0.05) is 5.56 Å². The van der Waals surface area contributed by atoms with E-state index >= 15 is 0 Å². The molecule has 1 aliphatic heterocycles. The average molecular weight is 565 g/mol. The summed E-state index contributed by atoms with van der Waals surface area (Å²) in [5, 5.41) is 11.6. The second kappa shape index (κ2) is 11.6. The molecule has 0 unspecified atom stereocenters. The van der Waals surface area contributed by atoms with E-state index in [9.17, 15) is 19.5 Å². The van der Waals surface area contributed by atoms with E-state index in [-0.39, 0.29) is 21.3 Å². The van der Waals surface area contributed by atoms with Crippen molar-refractivity contribution in [3.05, 3.63) is 81.9 Å². The van der Waals surface area contributed by atoms with Crippen LogP contribution in [0.2, 0.25) is 0 Å². The fourth-order valence-electron chi connectivity index (χ4n) is 4.40. The Bertz CT molecular complexity index is 1540. The van der Waals surface area contributed by atoms with Gasteiger partial charge in [-0.25, -0.2) is 9.78 Å². The number of aryl methyl sites for hydroxylation is 2. The van der Waals surface area contributed by atoms with Crippen molar-refractivity contribution in [3.8, 4) is 17.2 Å². The summed E-state index contributed by atoms with van der Waals surface area (Å²) in [6, 6.07) is 8.76. The highest BCUT2D eigenvalue weighted by atomic mass is 32.1. The predicted octanol–water partition coefficient (Wildman–Crippen LogP) is 4.75. The van der Waals surface area contributed by atoms with Crippen molar-refractivity contribution in [3.63, 3.8) is 0 Å². The number of nitrogens with zero attached hydrogens (tertiary/aromatic N) is 2. The number of ether oxygens (including phenoxy) is 4. The molecule has 0 aliphatic carbocycles. The maximum absolute atomic E-state index is 13.5. The van der Waals surface area contributed by atoms with Crippen LogP contribution in [0.4, 0.5) is 5.13 Å². The third kappa shape index (κ3) is 5.03. The van der Waals surface area contributed by atoms with Crippen molar-refractivity contribution in [1.29, 1.82) is 0 Å². The lowest BCUT2D eigenvalue weighted by Crippen LogP contribution is -2.29. The normalized spacial score (nSPS) is 16.1. The lowest BCUT2D eigenvalue weighted by atomic mass is 9.94. The first kappa shape index (κ1) is 28.4. The molecule has 1 aromatic heterocycles. The van der Waals surface area contributed by atoms with Crippen LogP contribution in [0.5, 0.6) is 17.2 Å². The Morgan fingerprint density at radius 3 is 2.40 bits per heavy atom. The SMILES string of the molecule is C=CCOc1ccc(C(O)=C2C(=O)C(=O)N(c3nc(C)c(C(=O)OC)s3)[C@@H]2c2ccc(OC)c(OC)c2)cc1C. The van der Waals surface area contributed by atoms with Gasteiger partial charge in [0.2, 0.25) is 0 Å². The lowest BCUT2D eigenvalue weighted by Gasteiger charge is -2.24. The number of hydrogen-bond donors (Lipinski definition) is 1. The van der Waals surface area contributed by atoms with Crippen LogP contribution < -0.4 is 19.1 Å². The van der Waals surface area contributed by atoms with Gasteiger partial charge in [-0.3, -0.25) is 14.5 Å². The molecule has 3 aromatic rings. The molecule has 11 heteroatoms. The second-order valence-corrected chi connectivity index (χ2v) is 9.74. The van der Waals surface area contributed by atoms with Crippen LogP contribution in [0.1, 0.15) is 38.1 Å². The molecule has 1 amide bonds. The summed E-state index contributed by atoms with van der Waals surface area (Å²) < 4.78 is 21.3. The summed E-state index contributed by atoms with van der Waals surface area (Å²) in [6.07, 6.45) is 1.61. The van der Waals surface area contributed by atoms with E-state index in [0.29, 0.717) is 46.2 Å². The van der Waals surface area contributed by atoms with Crippen LogP contribution in [-0.2, 0) is 14.3 Å². The van der Waals surface area contributed by atoms with Crippen LogP contribution in [0, 0.1) is 13.8 Å². The number of esters is 1. The highest BCUT2D eigenvalue weighted by molar-refractivity contribution is 7.17. The molecule has 1 fully saturated rings. The number of aliphatic hydroxyl groups is 1. The number of Topliss-reactive ketones (excluding diaryl/α,β-unsaturated/α-hetero) is 1. The minimum Gasteiger partial charge on any atom is -0.507 e. The first-order valence-electron chi connectivity index (χ1n) is 12.1. The number of ketones is 1. The molecule has 1 atom stereocenters. The number of carbonyl (C=O) groups excluding carboxylic acids is 3. The van der Waals surface area contributed by atoms with Crippen molar-refractivity contribution in [2.75, 3.05) is 32.8 Å². The molecule has 10 nitrogen and oxygen atoms in total. The predicted molar refractivity (Wildman–Crippen MR) is 149 cm³/mol. The molecule has 2 aromatic carbocycles. The average Bonchev–Trinajstić information content (AvgIpc) is 3.47. The van der Waals surface area contributed by atoms with E-state index < -0.39 is 23.7 Å². The zero-order valence-electron chi connectivity index (χ0n) is 22.6. The molecule has 1 aliphatic rings. The number of aromatic nitrogens is 1. The van der Waals surface area contributed by atoms with E-state index in [2.05, 4.69) is 11.6 Å². The van der Waals surface area contributed by atoms with Gasteiger partial charge in [-0.1, -0.05) is 30.1 Å². The Kier molecular flexibility index (Phi) is 8.24. The molecular formula is C29H28N2O8S. The van der Waals surface area contributed by atoms with Crippen LogP contribution in [0.25, 0.3) is 5.76 Å². The Balaban J connectivity index is 1.93. The van der Waals surface area contributed by atoms with Crippen molar-refractivity contribution < 1.29 is 38.4 Å². The largest absolute Gasteiger partial charge is 0.507 e. The van der Waals surface area contributed by atoms with E-state index in [4.69, 9.17) is 18.9 Å². The molecule has 4 rings (SSSR count). The number of rotatable bonds is 9. The topological polar surface area (TPSA) is 124 Å². The van der Waals surface area contributed by atoms with Crippen LogP contribution in [0.3, 0.4) is 0 Å². The number of anilines is 1. The van der Waals surface area contributed by atoms with Crippen LogP contribution in [-0.4, -0.2) is 55.7 Å². The number of hydrogen-bond acceptors (Lipinski definition) is 10. The third-order valence-electron chi connectivity index (χ3n) is 6.33. The maximum atomic E-state index is 13.5. The lowest BCUT2D eigenvalue weighted by molar-refractivity contribution is -0.132. The number of benzene rings is 2. The van der Waals surface area contributed by atoms with Gasteiger partial charge in [-0.2, -0.15) is 0 Å². The third-order valence-corrected chi connectivity index (χ3v) is 7.47. The Hall–Kier alpha value is -4.64. The van der Waals surface area contributed by atoms with E-state index in [0.717, 1.165) is 11.3 Å². The summed E-state index contributed by atoms with van der Waals surface area (Å²) in [6.45, 7) is 7.34. The quantitative estimate of drug-likeness (QED) is 0.129. The number of carbonyl (C=O) groups is 3. The van der Waals surface area contributed by atoms with Crippen molar-refractivity contribution in [2.45, 2.75) is 19.9 Å². The summed E-state index contributed by atoms with van der Waals surface area (Å²) in [4.78, 5) is 45.1. The molecule has 1 N–H and O–H groups in total. The number of methoxy groups -OCH3 is 3. The molecule has 1 saturated heterocycles. The minimum atomic E-state index is -1.09. The van der Waals surface area contributed by atoms with Gasteiger partial charge in [0.05, 0.1) is 38.6 Å². The molecule has 208 valence electrons. The van der Waals surface area contributed by atoms with Gasteiger partial charge in [0.25, 0.3) is 5.78 Å². The molecule has 2 heterocycles. The molecular weight excluding hydrogens is 536 g/mol. The van der Waals surface area contributed by atoms with Gasteiger partial charge in [0.15, 0.2) is 16.6 Å². The smallest absolute Gasteiger partial charge is 0.350 e. The summed E-state index contributed by atoms with van der Waals surface area (Å²) in [5.41, 5.74) is 1.67. The van der Waals surface area contributed by atoms with Gasteiger partial charge in [-0.15, -0.1) is 0 Å². The van der Waals surface area contributed by atoms with Gasteiger partial charge in [0.1, 0.15) is 23.0 Å². The van der Waals surface area contributed by atoms with Crippen LogP contribution in [0.15, 0.2) is 54.6 Å². The molecule has 0 spiro atoms. The van der Waals surface area contributed by atoms with E-state index in [1.165, 1.54) is 26.2 Å². The summed E-state index contributed by atoms with van der Waals surface area (Å²) in [5.74, 6) is -1.43. The van der Waals surface area contributed by atoms with E-state index in [1.807, 2.05) is 0 Å².